The summed E-state index contributed by atoms with van der Waals surface area (Å²) >= 11 is 1.30. The van der Waals surface area contributed by atoms with E-state index in [2.05, 4.69) is 25.7 Å². The van der Waals surface area contributed by atoms with E-state index in [1.807, 2.05) is 6.92 Å². The second-order valence-electron chi connectivity index (χ2n) is 4.86. The van der Waals surface area contributed by atoms with E-state index in [4.69, 9.17) is 4.52 Å². The van der Waals surface area contributed by atoms with Gasteiger partial charge >= 0.3 is 6.03 Å². The molecule has 1 aliphatic heterocycles. The Kier molecular flexibility index (Phi) is 4.09. The maximum atomic E-state index is 12.2. The summed E-state index contributed by atoms with van der Waals surface area (Å²) in [5.41, 5.74) is 1.58. The molecule has 0 aliphatic carbocycles. The van der Waals surface area contributed by atoms with Crippen molar-refractivity contribution in [2.75, 3.05) is 18.4 Å². The van der Waals surface area contributed by atoms with Crippen LogP contribution in [0.15, 0.2) is 10.0 Å². The second-order valence-corrected chi connectivity index (χ2v) is 5.69. The van der Waals surface area contributed by atoms with Gasteiger partial charge < -0.3 is 9.42 Å². The van der Waals surface area contributed by atoms with Crippen molar-refractivity contribution < 1.29 is 9.32 Å². The SMILES string of the molecule is CCc1nc(C2CCCN(C(=O)Nc3nncs3)C2)no1. The van der Waals surface area contributed by atoms with Gasteiger partial charge in [0.2, 0.25) is 11.0 Å². The molecule has 1 saturated heterocycles. The molecular formula is C12H16N6O2S. The minimum Gasteiger partial charge on any atom is -0.339 e. The van der Waals surface area contributed by atoms with Gasteiger partial charge in [-0.2, -0.15) is 4.98 Å². The number of carbonyl (C=O) groups excluding carboxylic acids is 1. The van der Waals surface area contributed by atoms with Gasteiger partial charge in [0.25, 0.3) is 0 Å². The molecule has 112 valence electrons. The van der Waals surface area contributed by atoms with E-state index in [0.29, 0.717) is 23.4 Å². The van der Waals surface area contributed by atoms with Gasteiger partial charge in [-0.1, -0.05) is 23.4 Å². The number of likely N-dealkylation sites (tertiary alicyclic amines) is 1. The van der Waals surface area contributed by atoms with Crippen LogP contribution in [0.5, 0.6) is 0 Å². The van der Waals surface area contributed by atoms with Crippen molar-refractivity contribution in [3.8, 4) is 0 Å². The molecule has 1 atom stereocenters. The predicted molar refractivity (Wildman–Crippen MR) is 76.2 cm³/mol. The number of hydrogen-bond acceptors (Lipinski definition) is 7. The molecule has 1 fully saturated rings. The van der Waals surface area contributed by atoms with Gasteiger partial charge in [-0.3, -0.25) is 5.32 Å². The van der Waals surface area contributed by atoms with Gasteiger partial charge in [-0.05, 0) is 12.8 Å². The molecule has 2 amide bonds. The van der Waals surface area contributed by atoms with Crippen molar-refractivity contribution in [2.45, 2.75) is 32.1 Å². The van der Waals surface area contributed by atoms with Crippen molar-refractivity contribution in [3.63, 3.8) is 0 Å². The van der Waals surface area contributed by atoms with Gasteiger partial charge in [-0.25, -0.2) is 4.79 Å². The fourth-order valence-electron chi connectivity index (χ4n) is 2.35. The smallest absolute Gasteiger partial charge is 0.323 e. The first-order valence-corrected chi connectivity index (χ1v) is 7.78. The molecule has 3 rings (SSSR count). The van der Waals surface area contributed by atoms with Gasteiger partial charge in [0.15, 0.2) is 5.82 Å². The Hall–Kier alpha value is -2.03. The van der Waals surface area contributed by atoms with Crippen molar-refractivity contribution >= 4 is 22.5 Å². The number of piperidine rings is 1. The zero-order valence-corrected chi connectivity index (χ0v) is 12.5. The summed E-state index contributed by atoms with van der Waals surface area (Å²) < 4.78 is 5.15. The quantitative estimate of drug-likeness (QED) is 0.930. The van der Waals surface area contributed by atoms with Crippen LogP contribution in [0, 0.1) is 0 Å². The molecule has 3 heterocycles. The number of aryl methyl sites for hydroxylation is 1. The lowest BCUT2D eigenvalue weighted by molar-refractivity contribution is 0.190. The molecule has 2 aromatic rings. The number of urea groups is 1. The van der Waals surface area contributed by atoms with Crippen LogP contribution in [0.2, 0.25) is 0 Å². The fraction of sp³-hybridized carbons (Fsp3) is 0.583. The van der Waals surface area contributed by atoms with Gasteiger partial charge in [0.1, 0.15) is 5.51 Å². The average molecular weight is 308 g/mol. The van der Waals surface area contributed by atoms with Crippen LogP contribution in [-0.2, 0) is 6.42 Å². The number of carbonyl (C=O) groups is 1. The van der Waals surface area contributed by atoms with E-state index in [9.17, 15) is 4.79 Å². The lowest BCUT2D eigenvalue weighted by atomic mass is 9.98. The minimum atomic E-state index is -0.157. The maximum Gasteiger partial charge on any atom is 0.323 e. The topological polar surface area (TPSA) is 97.0 Å². The normalized spacial score (nSPS) is 18.7. The third-order valence-corrected chi connectivity index (χ3v) is 4.04. The number of anilines is 1. The molecule has 0 spiro atoms. The van der Waals surface area contributed by atoms with Crippen molar-refractivity contribution in [2.24, 2.45) is 0 Å². The van der Waals surface area contributed by atoms with Crippen molar-refractivity contribution in [3.05, 3.63) is 17.2 Å². The molecule has 1 unspecified atom stereocenters. The summed E-state index contributed by atoms with van der Waals surface area (Å²) in [7, 11) is 0. The lowest BCUT2D eigenvalue weighted by Gasteiger charge is -2.30. The summed E-state index contributed by atoms with van der Waals surface area (Å²) in [5.74, 6) is 1.46. The Balaban J connectivity index is 1.63. The highest BCUT2D eigenvalue weighted by molar-refractivity contribution is 7.13. The first kappa shape index (κ1) is 13.9. The second kappa shape index (κ2) is 6.17. The first-order chi connectivity index (χ1) is 10.3. The monoisotopic (exact) mass is 308 g/mol. The van der Waals surface area contributed by atoms with Crippen LogP contribution in [0.4, 0.5) is 9.93 Å². The Bertz CT molecular complexity index is 599. The Labute approximate surface area is 125 Å². The van der Waals surface area contributed by atoms with Crippen molar-refractivity contribution in [1.82, 2.24) is 25.2 Å². The minimum absolute atomic E-state index is 0.128. The molecule has 2 aromatic heterocycles. The largest absolute Gasteiger partial charge is 0.339 e. The number of hydrogen-bond donors (Lipinski definition) is 1. The first-order valence-electron chi connectivity index (χ1n) is 6.91. The predicted octanol–water partition coefficient (Wildman–Crippen LogP) is 1.89. The summed E-state index contributed by atoms with van der Waals surface area (Å²) in [6.07, 6.45) is 2.61. The number of rotatable bonds is 3. The van der Waals surface area contributed by atoms with Gasteiger partial charge in [-0.15, -0.1) is 10.2 Å². The van der Waals surface area contributed by atoms with Crippen LogP contribution in [-0.4, -0.2) is 44.4 Å². The van der Waals surface area contributed by atoms with Gasteiger partial charge in [0, 0.05) is 25.4 Å². The number of aromatic nitrogens is 4. The van der Waals surface area contributed by atoms with Crippen LogP contribution in [0.25, 0.3) is 0 Å². The van der Waals surface area contributed by atoms with E-state index in [0.717, 1.165) is 25.8 Å². The standard InChI is InChI=1S/C12H16N6O2S/c1-2-9-14-10(17-20-9)8-4-3-5-18(6-8)12(19)15-11-16-13-7-21-11/h7-8H,2-6H2,1H3,(H,15,16,19). The zero-order chi connectivity index (χ0) is 14.7. The molecule has 0 saturated carbocycles. The highest BCUT2D eigenvalue weighted by atomic mass is 32.1. The molecule has 0 radical (unpaired) electrons. The molecule has 8 nitrogen and oxygen atoms in total. The number of amides is 2. The third kappa shape index (κ3) is 3.18. The van der Waals surface area contributed by atoms with E-state index >= 15 is 0 Å². The summed E-state index contributed by atoms with van der Waals surface area (Å²) in [6.45, 7) is 3.28. The average Bonchev–Trinajstić information content (AvgIpc) is 3.18. The molecule has 1 aliphatic rings. The van der Waals surface area contributed by atoms with Gasteiger partial charge in [0.05, 0.1) is 0 Å². The van der Waals surface area contributed by atoms with E-state index in [1.165, 1.54) is 11.3 Å². The summed E-state index contributed by atoms with van der Waals surface area (Å²) in [6, 6.07) is -0.157. The number of nitrogens with zero attached hydrogens (tertiary/aromatic N) is 5. The van der Waals surface area contributed by atoms with Crippen molar-refractivity contribution in [1.29, 1.82) is 0 Å². The number of nitrogens with one attached hydrogen (secondary N) is 1. The summed E-state index contributed by atoms with van der Waals surface area (Å²) in [5, 5.41) is 14.8. The zero-order valence-electron chi connectivity index (χ0n) is 11.7. The maximum absolute atomic E-state index is 12.2. The Morgan fingerprint density at radius 3 is 3.24 bits per heavy atom. The molecule has 21 heavy (non-hydrogen) atoms. The summed E-state index contributed by atoms with van der Waals surface area (Å²) in [4.78, 5) is 18.3. The molecule has 0 bridgehead atoms. The van der Waals surface area contributed by atoms with E-state index in [-0.39, 0.29) is 11.9 Å². The fourth-order valence-corrected chi connectivity index (χ4v) is 2.78. The third-order valence-electron chi connectivity index (χ3n) is 3.43. The van der Waals surface area contributed by atoms with Crippen LogP contribution in [0.1, 0.15) is 37.4 Å². The molecule has 9 heteroatoms. The highest BCUT2D eigenvalue weighted by Gasteiger charge is 2.28. The Morgan fingerprint density at radius 2 is 2.52 bits per heavy atom. The molecule has 0 aromatic carbocycles. The molecule has 1 N–H and O–H groups in total. The van der Waals surface area contributed by atoms with Crippen LogP contribution >= 0.6 is 11.3 Å². The highest BCUT2D eigenvalue weighted by Crippen LogP contribution is 2.25. The lowest BCUT2D eigenvalue weighted by Crippen LogP contribution is -2.41. The van der Waals surface area contributed by atoms with E-state index < -0.39 is 0 Å². The van der Waals surface area contributed by atoms with Crippen LogP contribution < -0.4 is 5.32 Å². The Morgan fingerprint density at radius 1 is 1.62 bits per heavy atom. The molecular weight excluding hydrogens is 292 g/mol. The van der Waals surface area contributed by atoms with E-state index in [1.54, 1.807) is 10.4 Å². The van der Waals surface area contributed by atoms with Crippen LogP contribution in [0.3, 0.4) is 0 Å².